The molecule has 0 aliphatic carbocycles. The number of halogens is 1. The highest BCUT2D eigenvalue weighted by Gasteiger charge is 2.03. The summed E-state index contributed by atoms with van der Waals surface area (Å²) < 4.78 is 18.0. The third kappa shape index (κ3) is 4.18. The standard InChI is InChI=1S/C17H12FNO3/c18-15-6-4-13(5-7-15)14(10-19)8-12-2-1-3-16(9-12)22-11-17(20)21/h1-9H,11H2,(H,20,21)/b14-8-. The fourth-order valence-electron chi connectivity index (χ4n) is 1.82. The van der Waals surface area contributed by atoms with Gasteiger partial charge in [-0.15, -0.1) is 0 Å². The summed E-state index contributed by atoms with van der Waals surface area (Å²) in [6.07, 6.45) is 1.63. The van der Waals surface area contributed by atoms with Crippen molar-refractivity contribution >= 4 is 17.6 Å². The molecule has 0 aliphatic rings. The predicted molar refractivity (Wildman–Crippen MR) is 79.5 cm³/mol. The smallest absolute Gasteiger partial charge is 0.341 e. The van der Waals surface area contributed by atoms with Crippen LogP contribution >= 0.6 is 0 Å². The van der Waals surface area contributed by atoms with Crippen LogP contribution in [-0.4, -0.2) is 17.7 Å². The van der Waals surface area contributed by atoms with E-state index in [1.807, 2.05) is 0 Å². The molecule has 0 saturated heterocycles. The number of benzene rings is 2. The zero-order valence-corrected chi connectivity index (χ0v) is 11.5. The van der Waals surface area contributed by atoms with Crippen LogP contribution in [0.4, 0.5) is 4.39 Å². The second kappa shape index (κ2) is 7.04. The average molecular weight is 297 g/mol. The van der Waals surface area contributed by atoms with Gasteiger partial charge in [-0.25, -0.2) is 9.18 Å². The van der Waals surface area contributed by atoms with Crippen molar-refractivity contribution in [3.8, 4) is 11.8 Å². The summed E-state index contributed by atoms with van der Waals surface area (Å²) in [5.41, 5.74) is 1.65. The van der Waals surface area contributed by atoms with Crippen LogP contribution in [0.3, 0.4) is 0 Å². The van der Waals surface area contributed by atoms with Gasteiger partial charge >= 0.3 is 5.97 Å². The molecule has 0 heterocycles. The minimum atomic E-state index is -1.06. The molecule has 1 N–H and O–H groups in total. The molecule has 0 atom stereocenters. The highest BCUT2D eigenvalue weighted by molar-refractivity contribution is 5.89. The van der Waals surface area contributed by atoms with Crippen molar-refractivity contribution in [3.05, 3.63) is 65.5 Å². The first-order valence-electron chi connectivity index (χ1n) is 6.41. The molecule has 0 saturated carbocycles. The van der Waals surface area contributed by atoms with Gasteiger partial charge < -0.3 is 9.84 Å². The van der Waals surface area contributed by atoms with Crippen LogP contribution in [0.5, 0.6) is 5.75 Å². The second-order valence-corrected chi connectivity index (χ2v) is 4.43. The Morgan fingerprint density at radius 3 is 2.64 bits per heavy atom. The number of nitrogens with zero attached hydrogens (tertiary/aromatic N) is 1. The van der Waals surface area contributed by atoms with Crippen molar-refractivity contribution in [1.82, 2.24) is 0 Å². The van der Waals surface area contributed by atoms with E-state index in [-0.39, 0.29) is 5.82 Å². The minimum Gasteiger partial charge on any atom is -0.482 e. The molecule has 0 radical (unpaired) electrons. The van der Waals surface area contributed by atoms with Crippen molar-refractivity contribution in [1.29, 1.82) is 5.26 Å². The largest absolute Gasteiger partial charge is 0.482 e. The van der Waals surface area contributed by atoms with Crippen molar-refractivity contribution < 1.29 is 19.0 Å². The summed E-state index contributed by atoms with van der Waals surface area (Å²) in [6, 6.07) is 14.4. The number of nitriles is 1. The van der Waals surface area contributed by atoms with Gasteiger partial charge in [0.15, 0.2) is 6.61 Å². The van der Waals surface area contributed by atoms with E-state index < -0.39 is 12.6 Å². The Morgan fingerprint density at radius 1 is 1.27 bits per heavy atom. The Balaban J connectivity index is 2.26. The number of aliphatic carboxylic acids is 1. The van der Waals surface area contributed by atoms with Gasteiger partial charge in [-0.2, -0.15) is 5.26 Å². The molecule has 2 aromatic carbocycles. The highest BCUT2D eigenvalue weighted by atomic mass is 19.1. The fraction of sp³-hybridized carbons (Fsp3) is 0.0588. The lowest BCUT2D eigenvalue weighted by Crippen LogP contribution is -2.09. The highest BCUT2D eigenvalue weighted by Crippen LogP contribution is 2.21. The molecule has 0 spiro atoms. The molecule has 5 heteroatoms. The van der Waals surface area contributed by atoms with Crippen molar-refractivity contribution in [2.24, 2.45) is 0 Å². The van der Waals surface area contributed by atoms with Crippen LogP contribution in [0.25, 0.3) is 11.6 Å². The maximum absolute atomic E-state index is 12.9. The number of hydrogen-bond acceptors (Lipinski definition) is 3. The molecule has 0 aliphatic heterocycles. The van der Waals surface area contributed by atoms with E-state index in [2.05, 4.69) is 6.07 Å². The van der Waals surface area contributed by atoms with E-state index in [1.54, 1.807) is 30.3 Å². The Morgan fingerprint density at radius 2 is 2.00 bits per heavy atom. The third-order valence-electron chi connectivity index (χ3n) is 2.81. The molecule has 2 aromatic rings. The van der Waals surface area contributed by atoms with Gasteiger partial charge in [0.2, 0.25) is 0 Å². The maximum Gasteiger partial charge on any atom is 0.341 e. The molecule has 0 fully saturated rings. The molecule has 0 amide bonds. The summed E-state index contributed by atoms with van der Waals surface area (Å²) in [6.45, 7) is -0.434. The zero-order chi connectivity index (χ0) is 15.9. The number of carboxylic acid groups (broad SMARTS) is 1. The number of carbonyl (C=O) groups is 1. The van der Waals surface area contributed by atoms with Crippen molar-refractivity contribution in [3.63, 3.8) is 0 Å². The molecule has 0 bridgehead atoms. The molecule has 0 unspecified atom stereocenters. The van der Waals surface area contributed by atoms with Gasteiger partial charge in [-0.3, -0.25) is 0 Å². The van der Waals surface area contributed by atoms with Crippen LogP contribution < -0.4 is 4.74 Å². The lowest BCUT2D eigenvalue weighted by molar-refractivity contribution is -0.139. The van der Waals surface area contributed by atoms with Gasteiger partial charge in [0.25, 0.3) is 0 Å². The topological polar surface area (TPSA) is 70.3 Å². The average Bonchev–Trinajstić information content (AvgIpc) is 2.52. The van der Waals surface area contributed by atoms with Crippen LogP contribution in [0, 0.1) is 17.1 Å². The normalized spacial score (nSPS) is 10.8. The summed E-state index contributed by atoms with van der Waals surface area (Å²) in [7, 11) is 0. The van der Waals surface area contributed by atoms with Crippen LogP contribution in [0.1, 0.15) is 11.1 Å². The SMILES string of the molecule is N#C/C(=C/c1cccc(OCC(=O)O)c1)c1ccc(F)cc1. The van der Waals surface area contributed by atoms with Gasteiger partial charge in [-0.05, 0) is 41.5 Å². The van der Waals surface area contributed by atoms with Gasteiger partial charge in [0.1, 0.15) is 11.6 Å². The van der Waals surface area contributed by atoms with Crippen LogP contribution in [-0.2, 0) is 4.79 Å². The first-order valence-corrected chi connectivity index (χ1v) is 6.41. The zero-order valence-electron chi connectivity index (χ0n) is 11.5. The van der Waals surface area contributed by atoms with Crippen LogP contribution in [0.15, 0.2) is 48.5 Å². The Kier molecular flexibility index (Phi) is 4.89. The van der Waals surface area contributed by atoms with E-state index >= 15 is 0 Å². The number of allylic oxidation sites excluding steroid dienone is 1. The molecule has 0 aromatic heterocycles. The van der Waals surface area contributed by atoms with E-state index in [4.69, 9.17) is 9.84 Å². The lowest BCUT2D eigenvalue weighted by atomic mass is 10.0. The van der Waals surface area contributed by atoms with Gasteiger partial charge in [0.05, 0.1) is 11.6 Å². The van der Waals surface area contributed by atoms with E-state index in [9.17, 15) is 14.4 Å². The predicted octanol–water partition coefficient (Wildman–Crippen LogP) is 3.35. The van der Waals surface area contributed by atoms with E-state index in [0.717, 1.165) is 0 Å². The van der Waals surface area contributed by atoms with Crippen molar-refractivity contribution in [2.75, 3.05) is 6.61 Å². The summed E-state index contributed by atoms with van der Waals surface area (Å²) >= 11 is 0. The van der Waals surface area contributed by atoms with Crippen LogP contribution in [0.2, 0.25) is 0 Å². The molecular formula is C17H12FNO3. The third-order valence-corrected chi connectivity index (χ3v) is 2.81. The summed E-state index contributed by atoms with van der Waals surface area (Å²) in [5.74, 6) is -1.04. The first-order chi connectivity index (χ1) is 10.6. The maximum atomic E-state index is 12.9. The summed E-state index contributed by atoms with van der Waals surface area (Å²) in [4.78, 5) is 10.5. The monoisotopic (exact) mass is 297 g/mol. The molecule has 4 nitrogen and oxygen atoms in total. The quantitative estimate of drug-likeness (QED) is 0.678. The molecular weight excluding hydrogens is 285 g/mol. The van der Waals surface area contributed by atoms with Gasteiger partial charge in [0, 0.05) is 0 Å². The minimum absolute atomic E-state index is 0.370. The van der Waals surface area contributed by atoms with Gasteiger partial charge in [-0.1, -0.05) is 24.3 Å². The van der Waals surface area contributed by atoms with Crippen molar-refractivity contribution in [2.45, 2.75) is 0 Å². The fourth-order valence-corrected chi connectivity index (χ4v) is 1.82. The Labute approximate surface area is 126 Å². The van der Waals surface area contributed by atoms with E-state index in [1.165, 1.54) is 24.3 Å². The summed E-state index contributed by atoms with van der Waals surface area (Å²) in [5, 5.41) is 17.8. The number of ether oxygens (including phenoxy) is 1. The molecule has 2 rings (SSSR count). The number of carboxylic acids is 1. The number of hydrogen-bond donors (Lipinski definition) is 1. The second-order valence-electron chi connectivity index (χ2n) is 4.43. The Bertz CT molecular complexity index is 745. The first kappa shape index (κ1) is 15.3. The lowest BCUT2D eigenvalue weighted by Gasteiger charge is -2.04. The number of rotatable bonds is 5. The van der Waals surface area contributed by atoms with E-state index in [0.29, 0.717) is 22.4 Å². The Hall–Kier alpha value is -3.13. The molecule has 110 valence electrons. The molecule has 22 heavy (non-hydrogen) atoms.